The van der Waals surface area contributed by atoms with Gasteiger partial charge in [-0.1, -0.05) is 23.7 Å². The van der Waals surface area contributed by atoms with Crippen molar-refractivity contribution >= 4 is 50.5 Å². The van der Waals surface area contributed by atoms with Gasteiger partial charge in [-0.3, -0.25) is 13.9 Å². The van der Waals surface area contributed by atoms with Gasteiger partial charge in [0.1, 0.15) is 12.3 Å². The second-order valence-electron chi connectivity index (χ2n) is 7.65. The van der Waals surface area contributed by atoms with Crippen LogP contribution in [0.1, 0.15) is 19.4 Å². The van der Waals surface area contributed by atoms with Crippen LogP contribution in [0.5, 0.6) is 5.75 Å². The Morgan fingerprint density at radius 3 is 2.11 bits per heavy atom. The summed E-state index contributed by atoms with van der Waals surface area (Å²) in [6.07, 6.45) is 0. The van der Waals surface area contributed by atoms with Gasteiger partial charge >= 0.3 is 0 Å². The third-order valence-electron chi connectivity index (χ3n) is 5.02. The maximum atomic E-state index is 13.4. The maximum absolute atomic E-state index is 13.4. The van der Waals surface area contributed by atoms with E-state index in [1.807, 2.05) is 0 Å². The van der Waals surface area contributed by atoms with E-state index < -0.39 is 22.5 Å². The lowest BCUT2D eigenvalue weighted by atomic mass is 10.1. The minimum Gasteiger partial charge on any atom is -0.497 e. The molecule has 0 saturated carbocycles. The number of halogens is 1. The molecule has 188 valence electrons. The first-order valence-electron chi connectivity index (χ1n) is 10.7. The summed E-state index contributed by atoms with van der Waals surface area (Å²) in [5.41, 5.74) is 4.51. The van der Waals surface area contributed by atoms with Crippen LogP contribution in [0.2, 0.25) is 5.02 Å². The molecule has 3 rings (SSSR count). The van der Waals surface area contributed by atoms with E-state index in [2.05, 4.69) is 15.8 Å². The van der Waals surface area contributed by atoms with Gasteiger partial charge in [-0.2, -0.15) is 5.10 Å². The van der Waals surface area contributed by atoms with E-state index in [-0.39, 0.29) is 16.5 Å². The van der Waals surface area contributed by atoms with E-state index in [1.54, 1.807) is 31.2 Å². The zero-order valence-corrected chi connectivity index (χ0v) is 21.4. The topological polar surface area (TPSA) is 117 Å². The van der Waals surface area contributed by atoms with Gasteiger partial charge < -0.3 is 10.1 Å². The van der Waals surface area contributed by atoms with Crippen LogP contribution < -0.4 is 19.8 Å². The minimum absolute atomic E-state index is 0.00927. The zero-order chi connectivity index (χ0) is 26.3. The van der Waals surface area contributed by atoms with Crippen LogP contribution >= 0.6 is 11.6 Å². The van der Waals surface area contributed by atoms with Crippen LogP contribution in [0.4, 0.5) is 11.4 Å². The van der Waals surface area contributed by atoms with Crippen molar-refractivity contribution in [2.24, 2.45) is 5.10 Å². The zero-order valence-electron chi connectivity index (χ0n) is 19.9. The van der Waals surface area contributed by atoms with Crippen molar-refractivity contribution in [2.75, 3.05) is 23.3 Å². The number of nitrogens with one attached hydrogen (secondary N) is 2. The highest BCUT2D eigenvalue weighted by Gasteiger charge is 2.27. The smallest absolute Gasteiger partial charge is 0.264 e. The molecule has 0 aliphatic carbocycles. The Bertz CT molecular complexity index is 1360. The van der Waals surface area contributed by atoms with Crippen LogP contribution in [-0.2, 0) is 19.6 Å². The fourth-order valence-corrected chi connectivity index (χ4v) is 4.72. The SMILES string of the molecule is COc1ccc(S(=O)(=O)N(CC(=O)N/N=C(/C)c2ccc(NC(C)=O)cc2)c2ccc(Cl)cc2)cc1. The molecule has 0 bridgehead atoms. The molecular formula is C25H25ClN4O5S. The molecule has 0 saturated heterocycles. The summed E-state index contributed by atoms with van der Waals surface area (Å²) in [5, 5.41) is 7.19. The van der Waals surface area contributed by atoms with E-state index >= 15 is 0 Å². The van der Waals surface area contributed by atoms with Crippen molar-refractivity contribution in [3.05, 3.63) is 83.4 Å². The van der Waals surface area contributed by atoms with Crippen molar-refractivity contribution in [1.29, 1.82) is 0 Å². The molecule has 0 aromatic heterocycles. The van der Waals surface area contributed by atoms with Crippen LogP contribution in [0.25, 0.3) is 0 Å². The third-order valence-corrected chi connectivity index (χ3v) is 7.06. The number of hydrogen-bond acceptors (Lipinski definition) is 6. The summed E-state index contributed by atoms with van der Waals surface area (Å²) in [6.45, 7) is 2.59. The average molecular weight is 529 g/mol. The number of sulfonamides is 1. The van der Waals surface area contributed by atoms with Crippen LogP contribution in [-0.4, -0.2) is 39.6 Å². The molecule has 0 aliphatic heterocycles. The molecule has 3 aromatic carbocycles. The Hall–Kier alpha value is -3.89. The molecule has 9 nitrogen and oxygen atoms in total. The number of rotatable bonds is 9. The number of carbonyl (C=O) groups excluding carboxylic acids is 2. The number of amides is 2. The summed E-state index contributed by atoms with van der Waals surface area (Å²) in [5.74, 6) is -0.328. The molecular weight excluding hydrogens is 504 g/mol. The van der Waals surface area contributed by atoms with E-state index in [0.717, 1.165) is 4.31 Å². The second-order valence-corrected chi connectivity index (χ2v) is 9.95. The third kappa shape index (κ3) is 6.83. The lowest BCUT2D eigenvalue weighted by molar-refractivity contribution is -0.119. The Morgan fingerprint density at radius 2 is 1.56 bits per heavy atom. The number of hydrogen-bond donors (Lipinski definition) is 2. The molecule has 0 atom stereocenters. The number of carbonyl (C=O) groups is 2. The van der Waals surface area contributed by atoms with Crippen molar-refractivity contribution in [3.63, 3.8) is 0 Å². The number of methoxy groups -OCH3 is 1. The predicted molar refractivity (Wildman–Crippen MR) is 140 cm³/mol. The highest BCUT2D eigenvalue weighted by Crippen LogP contribution is 2.26. The molecule has 11 heteroatoms. The standard InChI is InChI=1S/C25H25ClN4O5S/c1-17(19-4-8-21(9-5-19)27-18(2)31)28-29-25(32)16-30(22-10-6-20(26)7-11-22)36(33,34)24-14-12-23(35-3)13-15-24/h4-15H,16H2,1-3H3,(H,27,31)(H,29,32)/b28-17-. The first-order valence-corrected chi connectivity index (χ1v) is 12.6. The van der Waals surface area contributed by atoms with Crippen molar-refractivity contribution < 1.29 is 22.7 Å². The highest BCUT2D eigenvalue weighted by atomic mass is 35.5. The van der Waals surface area contributed by atoms with Gasteiger partial charge in [0.05, 0.1) is 23.4 Å². The van der Waals surface area contributed by atoms with Crippen LogP contribution in [0.15, 0.2) is 82.8 Å². The Balaban J connectivity index is 1.81. The molecule has 0 aliphatic rings. The first kappa shape index (κ1) is 26.7. The summed E-state index contributed by atoms with van der Waals surface area (Å²) >= 11 is 5.96. The van der Waals surface area contributed by atoms with Crippen molar-refractivity contribution in [3.8, 4) is 5.75 Å². The molecule has 0 spiro atoms. The van der Waals surface area contributed by atoms with Gasteiger partial charge in [0.15, 0.2) is 0 Å². The minimum atomic E-state index is -4.10. The Kier molecular flexibility index (Phi) is 8.68. The highest BCUT2D eigenvalue weighted by molar-refractivity contribution is 7.92. The Labute approximate surface area is 214 Å². The predicted octanol–water partition coefficient (Wildman–Crippen LogP) is 4.04. The first-order chi connectivity index (χ1) is 17.1. The quantitative estimate of drug-likeness (QED) is 0.321. The largest absolute Gasteiger partial charge is 0.497 e. The van der Waals surface area contributed by atoms with Gasteiger partial charge in [-0.25, -0.2) is 13.8 Å². The Morgan fingerprint density at radius 1 is 0.944 bits per heavy atom. The molecule has 0 fully saturated rings. The summed E-state index contributed by atoms with van der Waals surface area (Å²) < 4.78 is 32.9. The van der Waals surface area contributed by atoms with Crippen molar-refractivity contribution in [2.45, 2.75) is 18.7 Å². The molecule has 0 radical (unpaired) electrons. The van der Waals surface area contributed by atoms with Gasteiger partial charge in [0.25, 0.3) is 15.9 Å². The molecule has 0 unspecified atom stereocenters. The monoisotopic (exact) mass is 528 g/mol. The van der Waals surface area contributed by atoms with E-state index in [9.17, 15) is 18.0 Å². The number of nitrogens with zero attached hydrogens (tertiary/aromatic N) is 2. The van der Waals surface area contributed by atoms with Crippen molar-refractivity contribution in [1.82, 2.24) is 5.43 Å². The molecule has 0 heterocycles. The van der Waals surface area contributed by atoms with Gasteiger partial charge in [-0.05, 0) is 73.2 Å². The fraction of sp³-hybridized carbons (Fsp3) is 0.160. The lowest BCUT2D eigenvalue weighted by Crippen LogP contribution is -2.39. The molecule has 2 N–H and O–H groups in total. The van der Waals surface area contributed by atoms with E-state index in [0.29, 0.717) is 27.7 Å². The normalized spacial score (nSPS) is 11.5. The van der Waals surface area contributed by atoms with E-state index in [1.165, 1.54) is 62.6 Å². The summed E-state index contributed by atoms with van der Waals surface area (Å²) in [7, 11) is -2.62. The van der Waals surface area contributed by atoms with E-state index in [4.69, 9.17) is 16.3 Å². The second kappa shape index (κ2) is 11.7. The molecule has 3 aromatic rings. The van der Waals surface area contributed by atoms with Crippen LogP contribution in [0, 0.1) is 0 Å². The number of hydrazone groups is 1. The maximum Gasteiger partial charge on any atom is 0.264 e. The number of anilines is 2. The summed E-state index contributed by atoms with van der Waals surface area (Å²) in [6, 6.07) is 18.9. The van der Waals surface area contributed by atoms with Crippen LogP contribution in [0.3, 0.4) is 0 Å². The lowest BCUT2D eigenvalue weighted by Gasteiger charge is -2.24. The van der Waals surface area contributed by atoms with Gasteiger partial charge in [-0.15, -0.1) is 0 Å². The fourth-order valence-electron chi connectivity index (χ4n) is 3.17. The molecule has 36 heavy (non-hydrogen) atoms. The summed E-state index contributed by atoms with van der Waals surface area (Å²) in [4.78, 5) is 23.9. The number of ether oxygens (including phenoxy) is 1. The number of benzene rings is 3. The molecule has 2 amide bonds. The van der Waals surface area contributed by atoms with Gasteiger partial charge in [0, 0.05) is 17.6 Å². The van der Waals surface area contributed by atoms with Gasteiger partial charge in [0.2, 0.25) is 5.91 Å². The average Bonchev–Trinajstić information content (AvgIpc) is 2.86.